The van der Waals surface area contributed by atoms with Gasteiger partial charge in [-0.25, -0.2) is 4.98 Å². The van der Waals surface area contributed by atoms with Gasteiger partial charge in [-0.05, 0) is 12.1 Å². The van der Waals surface area contributed by atoms with Gasteiger partial charge in [-0.3, -0.25) is 4.79 Å². The summed E-state index contributed by atoms with van der Waals surface area (Å²) in [5.41, 5.74) is 0.461. The first-order valence-corrected chi connectivity index (χ1v) is 5.74. The molecule has 1 amide bonds. The van der Waals surface area contributed by atoms with Crippen LogP contribution in [0.25, 0.3) is 0 Å². The summed E-state index contributed by atoms with van der Waals surface area (Å²) in [7, 11) is 1.73. The van der Waals surface area contributed by atoms with Crippen molar-refractivity contribution in [2.45, 2.75) is 19.4 Å². The van der Waals surface area contributed by atoms with E-state index in [9.17, 15) is 9.90 Å². The largest absolute Gasteiger partial charge is 0.394 e. The van der Waals surface area contributed by atoms with Gasteiger partial charge in [-0.2, -0.15) is 0 Å². The Balaban J connectivity index is 2.97. The Morgan fingerprint density at radius 3 is 2.82 bits per heavy atom. The number of halogens is 1. The van der Waals surface area contributed by atoms with Crippen molar-refractivity contribution < 1.29 is 9.90 Å². The van der Waals surface area contributed by atoms with Crippen molar-refractivity contribution in [2.24, 2.45) is 0 Å². The van der Waals surface area contributed by atoms with Crippen LogP contribution in [0.5, 0.6) is 0 Å². The molecule has 17 heavy (non-hydrogen) atoms. The van der Waals surface area contributed by atoms with Crippen LogP contribution in [0.1, 0.15) is 25.1 Å². The molecule has 0 spiro atoms. The molecule has 1 atom stereocenters. The lowest BCUT2D eigenvalue weighted by Gasteiger charge is -2.17. The van der Waals surface area contributed by atoms with Crippen molar-refractivity contribution in [3.8, 4) is 0 Å². The zero-order valence-electron chi connectivity index (χ0n) is 9.83. The molecular weight excluding hydrogens is 242 g/mol. The maximum Gasteiger partial charge on any atom is 0.220 e. The third-order valence-electron chi connectivity index (χ3n) is 2.30. The molecule has 1 rings (SSSR count). The van der Waals surface area contributed by atoms with Gasteiger partial charge in [0.15, 0.2) is 0 Å². The van der Waals surface area contributed by atoms with Crippen LogP contribution in [0.2, 0.25) is 5.02 Å². The fourth-order valence-corrected chi connectivity index (χ4v) is 1.58. The van der Waals surface area contributed by atoms with Gasteiger partial charge in [0.1, 0.15) is 5.82 Å². The Kier molecular flexibility index (Phi) is 5.18. The van der Waals surface area contributed by atoms with Gasteiger partial charge in [-0.1, -0.05) is 18.5 Å². The maximum atomic E-state index is 11.3. The van der Waals surface area contributed by atoms with E-state index in [1.165, 1.54) is 0 Å². The van der Waals surface area contributed by atoms with Crippen LogP contribution in [0.4, 0.5) is 5.82 Å². The molecule has 0 saturated heterocycles. The standard InChI is InChI=1S/C11H16ClN3O2/c1-3-10(17)14-8(6-16)11-7(12)4-5-9(13-2)15-11/h4-5,8,16H,3,6H2,1-2H3,(H,13,15)(H,14,17)/t8-/m1/s1. The van der Waals surface area contributed by atoms with Gasteiger partial charge in [0.25, 0.3) is 0 Å². The first kappa shape index (κ1) is 13.7. The summed E-state index contributed by atoms with van der Waals surface area (Å²) >= 11 is 6.00. The number of pyridine rings is 1. The molecule has 94 valence electrons. The van der Waals surface area contributed by atoms with Crippen LogP contribution >= 0.6 is 11.6 Å². The van der Waals surface area contributed by atoms with Crippen molar-refractivity contribution >= 4 is 23.3 Å². The molecule has 0 fully saturated rings. The Morgan fingerprint density at radius 1 is 1.59 bits per heavy atom. The van der Waals surface area contributed by atoms with E-state index in [1.54, 1.807) is 26.1 Å². The van der Waals surface area contributed by atoms with Gasteiger partial charge in [0, 0.05) is 13.5 Å². The summed E-state index contributed by atoms with van der Waals surface area (Å²) in [6.45, 7) is 1.49. The lowest BCUT2D eigenvalue weighted by Crippen LogP contribution is -2.31. The second-order valence-corrected chi connectivity index (χ2v) is 3.88. The molecule has 1 heterocycles. The number of carbonyl (C=O) groups is 1. The Hall–Kier alpha value is -1.33. The summed E-state index contributed by atoms with van der Waals surface area (Å²) in [6, 6.07) is 2.82. The Labute approximate surface area is 105 Å². The summed E-state index contributed by atoms with van der Waals surface area (Å²) in [6.07, 6.45) is 0.347. The van der Waals surface area contributed by atoms with Crippen molar-refractivity contribution in [3.63, 3.8) is 0 Å². The number of rotatable bonds is 5. The molecule has 6 heteroatoms. The molecule has 5 nitrogen and oxygen atoms in total. The highest BCUT2D eigenvalue weighted by Gasteiger charge is 2.17. The molecule has 0 unspecified atom stereocenters. The minimum Gasteiger partial charge on any atom is -0.394 e. The van der Waals surface area contributed by atoms with Gasteiger partial charge in [-0.15, -0.1) is 0 Å². The Bertz CT molecular complexity index is 398. The molecule has 1 aromatic heterocycles. The quantitative estimate of drug-likeness (QED) is 0.744. The van der Waals surface area contributed by atoms with Crippen LogP contribution < -0.4 is 10.6 Å². The zero-order chi connectivity index (χ0) is 12.8. The molecule has 0 bridgehead atoms. The molecule has 0 aromatic carbocycles. The van der Waals surface area contributed by atoms with E-state index in [0.29, 0.717) is 23.0 Å². The van der Waals surface area contributed by atoms with Gasteiger partial charge >= 0.3 is 0 Å². The Morgan fingerprint density at radius 2 is 2.29 bits per heavy atom. The summed E-state index contributed by atoms with van der Waals surface area (Å²) in [5, 5.41) is 15.2. The van der Waals surface area contributed by atoms with Crippen molar-refractivity contribution in [3.05, 3.63) is 22.8 Å². The SMILES string of the molecule is CCC(=O)N[C@H](CO)c1nc(NC)ccc1Cl. The normalized spacial score (nSPS) is 12.0. The number of carbonyl (C=O) groups excluding carboxylic acids is 1. The topological polar surface area (TPSA) is 74.2 Å². The number of nitrogens with zero attached hydrogens (tertiary/aromatic N) is 1. The second kappa shape index (κ2) is 6.42. The fourth-order valence-electron chi connectivity index (χ4n) is 1.34. The van der Waals surface area contributed by atoms with Gasteiger partial charge in [0.2, 0.25) is 5.91 Å². The molecule has 1 aromatic rings. The molecule has 0 radical (unpaired) electrons. The number of anilines is 1. The summed E-state index contributed by atoms with van der Waals surface area (Å²) in [5.74, 6) is 0.477. The number of aromatic nitrogens is 1. The number of nitrogens with one attached hydrogen (secondary N) is 2. The fraction of sp³-hybridized carbons (Fsp3) is 0.455. The first-order valence-electron chi connectivity index (χ1n) is 5.36. The van der Waals surface area contributed by atoms with Crippen LogP contribution in [0.3, 0.4) is 0 Å². The highest BCUT2D eigenvalue weighted by molar-refractivity contribution is 6.31. The van der Waals surface area contributed by atoms with Crippen LogP contribution in [0, 0.1) is 0 Å². The average Bonchev–Trinajstić information content (AvgIpc) is 2.36. The number of aliphatic hydroxyl groups excluding tert-OH is 1. The molecular formula is C11H16ClN3O2. The van der Waals surface area contributed by atoms with Gasteiger partial charge in [0.05, 0.1) is 23.4 Å². The van der Waals surface area contributed by atoms with E-state index in [1.807, 2.05) is 0 Å². The number of amides is 1. The smallest absolute Gasteiger partial charge is 0.220 e. The highest BCUT2D eigenvalue weighted by Crippen LogP contribution is 2.22. The molecule has 0 aliphatic carbocycles. The van der Waals surface area contributed by atoms with E-state index in [2.05, 4.69) is 15.6 Å². The van der Waals surface area contributed by atoms with Crippen molar-refractivity contribution in [2.75, 3.05) is 19.0 Å². The van der Waals surface area contributed by atoms with E-state index >= 15 is 0 Å². The molecule has 0 aliphatic rings. The minimum absolute atomic E-state index is 0.156. The zero-order valence-corrected chi connectivity index (χ0v) is 10.6. The lowest BCUT2D eigenvalue weighted by molar-refractivity contribution is -0.121. The summed E-state index contributed by atoms with van der Waals surface area (Å²) in [4.78, 5) is 15.5. The number of hydrogen-bond donors (Lipinski definition) is 3. The third kappa shape index (κ3) is 3.57. The number of aliphatic hydroxyl groups is 1. The molecule has 0 aliphatic heterocycles. The van der Waals surface area contributed by atoms with Crippen LogP contribution in [-0.4, -0.2) is 29.7 Å². The molecule has 0 saturated carbocycles. The van der Waals surface area contributed by atoms with Crippen LogP contribution in [-0.2, 0) is 4.79 Å². The van der Waals surface area contributed by atoms with Crippen molar-refractivity contribution in [1.82, 2.24) is 10.3 Å². The van der Waals surface area contributed by atoms with Crippen LogP contribution in [0.15, 0.2) is 12.1 Å². The van der Waals surface area contributed by atoms with E-state index in [0.717, 1.165) is 0 Å². The maximum absolute atomic E-state index is 11.3. The first-order chi connectivity index (χ1) is 8.12. The third-order valence-corrected chi connectivity index (χ3v) is 2.62. The lowest BCUT2D eigenvalue weighted by atomic mass is 10.2. The number of hydrogen-bond acceptors (Lipinski definition) is 4. The predicted molar refractivity (Wildman–Crippen MR) is 67.1 cm³/mol. The average molecular weight is 258 g/mol. The second-order valence-electron chi connectivity index (χ2n) is 3.47. The van der Waals surface area contributed by atoms with E-state index in [4.69, 9.17) is 11.6 Å². The summed E-state index contributed by atoms with van der Waals surface area (Å²) < 4.78 is 0. The van der Waals surface area contributed by atoms with Crippen molar-refractivity contribution in [1.29, 1.82) is 0 Å². The minimum atomic E-state index is -0.580. The van der Waals surface area contributed by atoms with Gasteiger partial charge < -0.3 is 15.7 Å². The monoisotopic (exact) mass is 257 g/mol. The van der Waals surface area contributed by atoms with E-state index < -0.39 is 6.04 Å². The molecule has 3 N–H and O–H groups in total. The highest BCUT2D eigenvalue weighted by atomic mass is 35.5. The predicted octanol–water partition coefficient (Wildman–Crippen LogP) is 1.34. The van der Waals surface area contributed by atoms with E-state index in [-0.39, 0.29) is 12.5 Å².